The smallest absolute Gasteiger partial charge is 0.266 e. The topological polar surface area (TPSA) is 20.5 Å². The van der Waals surface area contributed by atoms with Crippen LogP contribution in [-0.4, -0.2) is 22.2 Å². The van der Waals surface area contributed by atoms with E-state index in [-0.39, 0.29) is 0 Å². The number of thiocarbonyl (C=S) groups is 1. The van der Waals surface area contributed by atoms with E-state index in [1.54, 1.807) is 12.4 Å². The number of anilines is 1. The highest BCUT2D eigenvalue weighted by atomic mass is 32.2. The first-order chi connectivity index (χ1) is 6.75. The third kappa shape index (κ3) is 2.98. The van der Waals surface area contributed by atoms with E-state index in [0.29, 0.717) is 10.2 Å². The van der Waals surface area contributed by atoms with Crippen LogP contribution in [0.1, 0.15) is 0 Å². The third-order valence-corrected chi connectivity index (χ3v) is 2.98. The lowest BCUT2D eigenvalue weighted by Crippen LogP contribution is -2.21. The van der Waals surface area contributed by atoms with E-state index in [0.717, 1.165) is 5.69 Å². The van der Waals surface area contributed by atoms with E-state index in [9.17, 15) is 0 Å². The Kier molecular flexibility index (Phi) is 4.36. The van der Waals surface area contributed by atoms with Crippen LogP contribution in [-0.2, 0) is 0 Å². The molecule has 1 aromatic rings. The summed E-state index contributed by atoms with van der Waals surface area (Å²) in [5.41, 5.74) is 0.988. The lowest BCUT2D eigenvalue weighted by Gasteiger charge is -2.17. The van der Waals surface area contributed by atoms with Gasteiger partial charge in [-0.2, -0.15) is 0 Å². The average Bonchev–Trinajstić information content (AvgIpc) is 2.26. The molecular weight excluding hydrogens is 214 g/mol. The lowest BCUT2D eigenvalue weighted by molar-refractivity contribution is 1.25. The Balaban J connectivity index is 2.62. The second kappa shape index (κ2) is 5.58. The minimum Gasteiger partial charge on any atom is -0.330 e. The minimum absolute atomic E-state index is 0.369. The maximum absolute atomic E-state index is 6.66. The molecule has 3 nitrogen and oxygen atoms in total. The van der Waals surface area contributed by atoms with Crippen LogP contribution in [0, 0.1) is 6.57 Å². The highest BCUT2D eigenvalue weighted by Gasteiger charge is 2.07. The number of pyridine rings is 1. The maximum atomic E-state index is 6.66. The highest BCUT2D eigenvalue weighted by Crippen LogP contribution is 2.16. The molecule has 0 saturated heterocycles. The molecule has 0 atom stereocenters. The Labute approximate surface area is 93.0 Å². The van der Waals surface area contributed by atoms with Gasteiger partial charge < -0.3 is 9.74 Å². The average molecular weight is 223 g/mol. The van der Waals surface area contributed by atoms with E-state index in [1.165, 1.54) is 11.8 Å². The number of rotatable bonds is 2. The fourth-order valence-electron chi connectivity index (χ4n) is 0.857. The Morgan fingerprint density at radius 2 is 2.29 bits per heavy atom. The molecule has 0 radical (unpaired) electrons. The van der Waals surface area contributed by atoms with Gasteiger partial charge in [-0.05, 0) is 23.9 Å². The summed E-state index contributed by atoms with van der Waals surface area (Å²) in [6.07, 6.45) is 3.43. The van der Waals surface area contributed by atoms with Crippen LogP contribution >= 0.6 is 24.0 Å². The Hall–Kier alpha value is -1.12. The van der Waals surface area contributed by atoms with Gasteiger partial charge >= 0.3 is 0 Å². The SMILES string of the molecule is [C-]#[N+]CSC(=S)N(C)c1ccncc1. The number of nitrogens with zero attached hydrogens (tertiary/aromatic N) is 3. The molecule has 5 heteroatoms. The standard InChI is InChI=1S/C9H9N3S2/c1-10-7-14-9(13)12(2)8-3-5-11-6-4-8/h3-6H,7H2,2H3. The zero-order valence-corrected chi connectivity index (χ0v) is 9.31. The van der Waals surface area contributed by atoms with Crippen LogP contribution in [0.5, 0.6) is 0 Å². The Bertz CT molecular complexity index is 345. The molecule has 0 fully saturated rings. The molecule has 0 saturated carbocycles. The van der Waals surface area contributed by atoms with Crippen LogP contribution in [0.25, 0.3) is 4.85 Å². The van der Waals surface area contributed by atoms with Crippen molar-refractivity contribution in [2.45, 2.75) is 0 Å². The third-order valence-electron chi connectivity index (χ3n) is 1.58. The predicted molar refractivity (Wildman–Crippen MR) is 64.3 cm³/mol. The maximum Gasteiger partial charge on any atom is 0.266 e. The van der Waals surface area contributed by atoms with Gasteiger partial charge in [0.2, 0.25) is 0 Å². The molecule has 1 heterocycles. The van der Waals surface area contributed by atoms with E-state index in [2.05, 4.69) is 9.83 Å². The van der Waals surface area contributed by atoms with E-state index >= 15 is 0 Å². The number of aromatic nitrogens is 1. The van der Waals surface area contributed by atoms with Gasteiger partial charge in [-0.15, -0.1) is 0 Å². The molecule has 0 spiro atoms. The Morgan fingerprint density at radius 3 is 2.86 bits per heavy atom. The Morgan fingerprint density at radius 1 is 1.64 bits per heavy atom. The predicted octanol–water partition coefficient (Wildman–Crippen LogP) is 2.41. The van der Waals surface area contributed by atoms with Crippen LogP contribution < -0.4 is 4.90 Å². The normalized spacial score (nSPS) is 9.14. The monoisotopic (exact) mass is 223 g/mol. The van der Waals surface area contributed by atoms with Gasteiger partial charge in [0.15, 0.2) is 0 Å². The van der Waals surface area contributed by atoms with Crippen molar-refractivity contribution in [1.82, 2.24) is 4.98 Å². The van der Waals surface area contributed by atoms with Crippen molar-refractivity contribution in [3.63, 3.8) is 0 Å². The quantitative estimate of drug-likeness (QED) is 0.566. The molecule has 72 valence electrons. The molecule has 0 N–H and O–H groups in total. The molecule has 1 aromatic heterocycles. The molecule has 0 aliphatic carbocycles. The summed E-state index contributed by atoms with van der Waals surface area (Å²) in [6, 6.07) is 3.76. The first kappa shape index (κ1) is 11.0. The fraction of sp³-hybridized carbons (Fsp3) is 0.222. The fourth-order valence-corrected chi connectivity index (χ4v) is 1.59. The second-order valence-electron chi connectivity index (χ2n) is 2.46. The molecule has 14 heavy (non-hydrogen) atoms. The second-order valence-corrected chi connectivity index (χ2v) is 4.04. The van der Waals surface area contributed by atoms with Gasteiger partial charge in [0.1, 0.15) is 4.32 Å². The lowest BCUT2D eigenvalue weighted by atomic mass is 10.4. The molecule has 1 rings (SSSR count). The number of hydrogen-bond acceptors (Lipinski definition) is 3. The van der Waals surface area contributed by atoms with Gasteiger partial charge in [-0.1, -0.05) is 12.2 Å². The summed E-state index contributed by atoms with van der Waals surface area (Å²) in [7, 11) is 1.88. The van der Waals surface area contributed by atoms with Crippen LogP contribution in [0.2, 0.25) is 0 Å². The van der Waals surface area contributed by atoms with Crippen molar-refractivity contribution in [2.75, 3.05) is 17.8 Å². The zero-order valence-electron chi connectivity index (χ0n) is 7.67. The van der Waals surface area contributed by atoms with Gasteiger partial charge in [0.05, 0.1) is 0 Å². The van der Waals surface area contributed by atoms with Gasteiger partial charge in [0.25, 0.3) is 5.88 Å². The van der Waals surface area contributed by atoms with Crippen molar-refractivity contribution in [2.24, 2.45) is 0 Å². The highest BCUT2D eigenvalue weighted by molar-refractivity contribution is 8.23. The van der Waals surface area contributed by atoms with Crippen LogP contribution in [0.4, 0.5) is 5.69 Å². The molecule has 0 aliphatic rings. The molecule has 0 amide bonds. The van der Waals surface area contributed by atoms with Crippen LogP contribution in [0.15, 0.2) is 24.5 Å². The number of thioether (sulfide) groups is 1. The molecular formula is C9H9N3S2. The van der Waals surface area contributed by atoms with Gasteiger partial charge in [-0.3, -0.25) is 4.98 Å². The molecule has 0 bridgehead atoms. The zero-order chi connectivity index (χ0) is 10.4. The number of hydrogen-bond donors (Lipinski definition) is 0. The summed E-state index contributed by atoms with van der Waals surface area (Å²) in [4.78, 5) is 9.03. The van der Waals surface area contributed by atoms with Crippen molar-refractivity contribution in [1.29, 1.82) is 0 Å². The van der Waals surface area contributed by atoms with Crippen molar-refractivity contribution in [3.8, 4) is 0 Å². The molecule has 0 unspecified atom stereocenters. The summed E-state index contributed by atoms with van der Waals surface area (Å²) in [6.45, 7) is 6.66. The first-order valence-corrected chi connectivity index (χ1v) is 5.29. The van der Waals surface area contributed by atoms with E-state index < -0.39 is 0 Å². The summed E-state index contributed by atoms with van der Waals surface area (Å²) < 4.78 is 0.701. The van der Waals surface area contributed by atoms with Crippen molar-refractivity contribution >= 4 is 34.0 Å². The van der Waals surface area contributed by atoms with Crippen LogP contribution in [0.3, 0.4) is 0 Å². The largest absolute Gasteiger partial charge is 0.330 e. The van der Waals surface area contributed by atoms with Crippen molar-refractivity contribution in [3.05, 3.63) is 35.9 Å². The van der Waals surface area contributed by atoms with E-state index in [4.69, 9.17) is 18.8 Å². The summed E-state index contributed by atoms with van der Waals surface area (Å²) in [5, 5.41) is 0. The molecule has 0 aliphatic heterocycles. The summed E-state index contributed by atoms with van der Waals surface area (Å²) >= 11 is 6.51. The summed E-state index contributed by atoms with van der Waals surface area (Å²) in [5.74, 6) is 0.369. The van der Waals surface area contributed by atoms with Gasteiger partial charge in [-0.25, -0.2) is 6.57 Å². The van der Waals surface area contributed by atoms with E-state index in [1.807, 2.05) is 24.1 Å². The minimum atomic E-state index is 0.369. The van der Waals surface area contributed by atoms with Gasteiger partial charge in [0, 0.05) is 25.1 Å². The molecule has 0 aromatic carbocycles. The first-order valence-electron chi connectivity index (χ1n) is 3.89. The van der Waals surface area contributed by atoms with Crippen molar-refractivity contribution < 1.29 is 0 Å².